The minimum absolute atomic E-state index is 0.0640. The molecule has 3 aromatic rings. The van der Waals surface area contributed by atoms with E-state index in [0.29, 0.717) is 0 Å². The fourth-order valence-electron chi connectivity index (χ4n) is 3.04. The Bertz CT molecular complexity index is 1480. The molecule has 0 bridgehead atoms. The molecule has 0 aliphatic heterocycles. The Morgan fingerprint density at radius 1 is 0.970 bits per heavy atom. The molecule has 0 radical (unpaired) electrons. The van der Waals surface area contributed by atoms with Gasteiger partial charge in [-0.15, -0.1) is 0 Å². The van der Waals surface area contributed by atoms with Crippen molar-refractivity contribution >= 4 is 48.8 Å². The van der Waals surface area contributed by atoms with Gasteiger partial charge in [0, 0.05) is 5.56 Å². The zero-order valence-electron chi connectivity index (χ0n) is 16.9. The molecule has 33 heavy (non-hydrogen) atoms. The van der Waals surface area contributed by atoms with Crippen LogP contribution in [-0.2, 0) is 20.0 Å². The standard InChI is InChI=1S/C22H14ClN3O5S2/c1-15(27)18-12-11-17(13-19(18)23)26(32(28,29)21-9-5-3-7-16(21)14-24)33(30,31)22-10-6-4-8-20(22)25-2/h3-13H,1H3. The van der Waals surface area contributed by atoms with E-state index >= 15 is 0 Å². The van der Waals surface area contributed by atoms with Crippen LogP contribution >= 0.6 is 11.6 Å². The van der Waals surface area contributed by atoms with Gasteiger partial charge in [-0.25, -0.2) is 13.3 Å². The monoisotopic (exact) mass is 499 g/mol. The first kappa shape index (κ1) is 24.0. The zero-order chi connectivity index (χ0) is 24.4. The third-order valence-corrected chi connectivity index (χ3v) is 9.13. The normalized spacial score (nSPS) is 11.3. The van der Waals surface area contributed by atoms with Gasteiger partial charge in [0.05, 0.1) is 27.7 Å². The summed E-state index contributed by atoms with van der Waals surface area (Å²) in [6.07, 6.45) is 0. The van der Waals surface area contributed by atoms with Crippen molar-refractivity contribution in [2.75, 3.05) is 3.71 Å². The molecule has 0 fully saturated rings. The van der Waals surface area contributed by atoms with E-state index in [4.69, 9.17) is 18.2 Å². The largest absolute Gasteiger partial charge is 0.294 e. The van der Waals surface area contributed by atoms with Gasteiger partial charge in [-0.3, -0.25) is 4.79 Å². The summed E-state index contributed by atoms with van der Waals surface area (Å²) >= 11 is 6.14. The molecule has 0 heterocycles. The van der Waals surface area contributed by atoms with Gasteiger partial charge in [0.2, 0.25) is 5.69 Å². The van der Waals surface area contributed by atoms with Crippen molar-refractivity contribution in [3.05, 3.63) is 94.3 Å². The molecule has 0 aromatic heterocycles. The van der Waals surface area contributed by atoms with Crippen molar-refractivity contribution < 1.29 is 21.6 Å². The maximum Gasteiger partial charge on any atom is 0.278 e. The predicted molar refractivity (Wildman–Crippen MR) is 122 cm³/mol. The summed E-state index contributed by atoms with van der Waals surface area (Å²) in [7, 11) is -9.80. The first-order valence-corrected chi connectivity index (χ1v) is 12.4. The fraction of sp³-hybridized carbons (Fsp3) is 0.0455. The number of sulfonamides is 2. The number of halogens is 1. The number of benzene rings is 3. The van der Waals surface area contributed by atoms with E-state index < -0.39 is 41.3 Å². The van der Waals surface area contributed by atoms with Crippen LogP contribution in [0.4, 0.5) is 11.4 Å². The molecule has 166 valence electrons. The fourth-order valence-corrected chi connectivity index (χ4v) is 7.27. The number of ketones is 1. The number of carbonyl (C=O) groups is 1. The van der Waals surface area contributed by atoms with Crippen molar-refractivity contribution in [1.82, 2.24) is 0 Å². The highest BCUT2D eigenvalue weighted by atomic mass is 35.5. The van der Waals surface area contributed by atoms with Crippen LogP contribution in [0.25, 0.3) is 4.85 Å². The minimum atomic E-state index is -4.90. The Morgan fingerprint density at radius 3 is 2.12 bits per heavy atom. The van der Waals surface area contributed by atoms with Crippen LogP contribution in [0.1, 0.15) is 22.8 Å². The van der Waals surface area contributed by atoms with Crippen LogP contribution in [0.5, 0.6) is 0 Å². The first-order chi connectivity index (χ1) is 15.6. The van der Waals surface area contributed by atoms with E-state index in [0.717, 1.165) is 24.3 Å². The van der Waals surface area contributed by atoms with Crippen LogP contribution in [-0.4, -0.2) is 22.6 Å². The molecule has 0 aliphatic carbocycles. The molecule has 8 nitrogen and oxygen atoms in total. The maximum absolute atomic E-state index is 13.7. The van der Waals surface area contributed by atoms with Gasteiger partial charge in [-0.2, -0.15) is 17.4 Å². The Kier molecular flexibility index (Phi) is 6.56. The number of para-hydroxylation sites is 1. The topological polar surface area (TPSA) is 117 Å². The number of nitrogens with zero attached hydrogens (tertiary/aromatic N) is 3. The number of rotatable bonds is 6. The molecule has 0 aliphatic rings. The average Bonchev–Trinajstić information content (AvgIpc) is 2.78. The molecule has 0 saturated heterocycles. The summed E-state index contributed by atoms with van der Waals surface area (Å²) < 4.78 is 54.8. The molecule has 0 amide bonds. The lowest BCUT2D eigenvalue weighted by Gasteiger charge is -2.25. The van der Waals surface area contributed by atoms with Crippen LogP contribution in [0.15, 0.2) is 76.5 Å². The van der Waals surface area contributed by atoms with Gasteiger partial charge in [0.1, 0.15) is 11.0 Å². The Balaban J connectivity index is 2.40. The van der Waals surface area contributed by atoms with Crippen molar-refractivity contribution in [3.8, 4) is 6.07 Å². The van der Waals surface area contributed by atoms with Gasteiger partial charge < -0.3 is 0 Å². The van der Waals surface area contributed by atoms with E-state index in [1.165, 1.54) is 49.4 Å². The van der Waals surface area contributed by atoms with Gasteiger partial charge >= 0.3 is 0 Å². The second-order valence-electron chi connectivity index (χ2n) is 6.62. The highest BCUT2D eigenvalue weighted by Crippen LogP contribution is 2.37. The average molecular weight is 500 g/mol. The van der Waals surface area contributed by atoms with Crippen LogP contribution in [0, 0.1) is 17.9 Å². The molecule has 0 N–H and O–H groups in total. The maximum atomic E-state index is 13.7. The number of anilines is 1. The molecule has 11 heteroatoms. The summed E-state index contributed by atoms with van der Waals surface area (Å²) in [5.74, 6) is -0.406. The van der Waals surface area contributed by atoms with E-state index in [1.54, 1.807) is 6.07 Å². The van der Waals surface area contributed by atoms with Crippen LogP contribution in [0.2, 0.25) is 5.02 Å². The quantitative estimate of drug-likeness (QED) is 0.363. The summed E-state index contributed by atoms with van der Waals surface area (Å²) in [5.41, 5.74) is -0.896. The lowest BCUT2D eigenvalue weighted by molar-refractivity contribution is 0.101. The number of Topliss-reactive ketones (excluding diaryl/α,β-unsaturated/α-hetero) is 1. The van der Waals surface area contributed by atoms with E-state index in [1.807, 2.05) is 0 Å². The van der Waals surface area contributed by atoms with Crippen LogP contribution < -0.4 is 3.71 Å². The van der Waals surface area contributed by atoms with Gasteiger partial charge in [0.25, 0.3) is 20.0 Å². The number of hydrogen-bond acceptors (Lipinski definition) is 6. The van der Waals surface area contributed by atoms with E-state index in [-0.39, 0.29) is 25.5 Å². The molecule has 0 spiro atoms. The van der Waals surface area contributed by atoms with E-state index in [9.17, 15) is 26.9 Å². The van der Waals surface area contributed by atoms with E-state index in [2.05, 4.69) is 4.85 Å². The summed E-state index contributed by atoms with van der Waals surface area (Å²) in [6.45, 7) is 8.55. The first-order valence-electron chi connectivity index (χ1n) is 9.12. The predicted octanol–water partition coefficient (Wildman–Crippen LogP) is 4.55. The smallest absolute Gasteiger partial charge is 0.278 e. The van der Waals surface area contributed by atoms with Crippen molar-refractivity contribution in [2.45, 2.75) is 16.7 Å². The summed E-state index contributed by atoms with van der Waals surface area (Å²) in [6, 6.07) is 15.3. The molecular weight excluding hydrogens is 486 g/mol. The molecule has 0 unspecified atom stereocenters. The SMILES string of the molecule is [C-]#[N+]c1ccccc1S(=O)(=O)N(c1ccc(C(C)=O)c(Cl)c1)S(=O)(=O)c1ccccc1C#N. The van der Waals surface area contributed by atoms with Crippen molar-refractivity contribution in [2.24, 2.45) is 0 Å². The lowest BCUT2D eigenvalue weighted by Crippen LogP contribution is -2.37. The summed E-state index contributed by atoms with van der Waals surface area (Å²) in [4.78, 5) is 13.8. The number of carbonyl (C=O) groups excluding carboxylic acids is 1. The van der Waals surface area contributed by atoms with Gasteiger partial charge in [0.15, 0.2) is 5.78 Å². The highest BCUT2D eigenvalue weighted by Gasteiger charge is 2.39. The molecule has 0 saturated carbocycles. The lowest BCUT2D eigenvalue weighted by atomic mass is 10.1. The molecule has 3 rings (SSSR count). The molecular formula is C22H14ClN3O5S2. The number of hydrogen-bond donors (Lipinski definition) is 0. The third-order valence-electron chi connectivity index (χ3n) is 4.53. The van der Waals surface area contributed by atoms with Gasteiger partial charge in [-0.05, 0) is 37.3 Å². The van der Waals surface area contributed by atoms with Crippen molar-refractivity contribution in [3.63, 3.8) is 0 Å². The third kappa shape index (κ3) is 4.32. The minimum Gasteiger partial charge on any atom is -0.294 e. The molecule has 3 aromatic carbocycles. The second kappa shape index (κ2) is 9.04. The second-order valence-corrected chi connectivity index (χ2v) is 10.8. The van der Waals surface area contributed by atoms with Crippen LogP contribution in [0.3, 0.4) is 0 Å². The highest BCUT2D eigenvalue weighted by molar-refractivity contribution is 8.10. The van der Waals surface area contributed by atoms with Crippen molar-refractivity contribution in [1.29, 1.82) is 5.26 Å². The Morgan fingerprint density at radius 2 is 1.55 bits per heavy atom. The molecule has 0 atom stereocenters. The summed E-state index contributed by atoms with van der Waals surface area (Å²) in [5, 5.41) is 9.23. The Labute approximate surface area is 196 Å². The van der Waals surface area contributed by atoms with Gasteiger partial charge in [-0.1, -0.05) is 48.0 Å². The number of nitriles is 1. The Hall–Kier alpha value is -3.70. The zero-order valence-corrected chi connectivity index (χ0v) is 19.3.